The number of nitrogens with two attached hydrogens (primary N) is 1. The van der Waals surface area contributed by atoms with Crippen molar-refractivity contribution in [2.45, 2.75) is 11.8 Å². The molecule has 0 saturated heterocycles. The molecule has 5 rings (SSSR count). The van der Waals surface area contributed by atoms with E-state index in [4.69, 9.17) is 10.5 Å². The first-order chi connectivity index (χ1) is 17.9. The summed E-state index contributed by atoms with van der Waals surface area (Å²) < 4.78 is 35.8. The van der Waals surface area contributed by atoms with Gasteiger partial charge in [-0.2, -0.15) is 0 Å². The van der Waals surface area contributed by atoms with Crippen molar-refractivity contribution in [3.63, 3.8) is 0 Å². The van der Waals surface area contributed by atoms with Gasteiger partial charge in [-0.3, -0.25) is 9.36 Å². The third-order valence-corrected chi connectivity index (χ3v) is 6.80. The summed E-state index contributed by atoms with van der Waals surface area (Å²) in [6.07, 6.45) is 0. The van der Waals surface area contributed by atoms with Gasteiger partial charge in [0.1, 0.15) is 11.3 Å². The van der Waals surface area contributed by atoms with Gasteiger partial charge in [0, 0.05) is 5.56 Å². The highest BCUT2D eigenvalue weighted by Crippen LogP contribution is 2.29. The average Bonchev–Trinajstić information content (AvgIpc) is 3.26. The maximum absolute atomic E-state index is 13.2. The van der Waals surface area contributed by atoms with Gasteiger partial charge in [0.25, 0.3) is 15.9 Å². The van der Waals surface area contributed by atoms with Crippen molar-refractivity contribution < 1.29 is 17.9 Å². The van der Waals surface area contributed by atoms with E-state index in [9.17, 15) is 13.2 Å². The summed E-state index contributed by atoms with van der Waals surface area (Å²) in [4.78, 5) is 25.9. The van der Waals surface area contributed by atoms with E-state index >= 15 is 0 Å². The number of benzene rings is 3. The molecule has 3 aromatic carbocycles. The second-order valence-electron chi connectivity index (χ2n) is 7.91. The number of para-hydroxylation sites is 1. The van der Waals surface area contributed by atoms with Gasteiger partial charge in [0.2, 0.25) is 5.95 Å². The molecule has 1 amide bonds. The molecule has 2 aromatic heterocycles. The zero-order valence-electron chi connectivity index (χ0n) is 19.7. The highest BCUT2D eigenvalue weighted by Gasteiger charge is 2.25. The van der Waals surface area contributed by atoms with Crippen molar-refractivity contribution in [2.24, 2.45) is 5.73 Å². The third kappa shape index (κ3) is 4.71. The Hall–Kier alpha value is -4.77. The molecule has 0 radical (unpaired) electrons. The fraction of sp³-hybridized carbons (Fsp3) is 0.0769. The molecular formula is C26H22N6O4S. The van der Waals surface area contributed by atoms with E-state index in [1.165, 1.54) is 16.7 Å². The van der Waals surface area contributed by atoms with Crippen molar-refractivity contribution in [1.82, 2.24) is 19.5 Å². The van der Waals surface area contributed by atoms with Crippen LogP contribution < -0.4 is 15.2 Å². The summed E-state index contributed by atoms with van der Waals surface area (Å²) in [5, 5.41) is 0. The van der Waals surface area contributed by atoms with Crippen LogP contribution in [0, 0.1) is 0 Å². The summed E-state index contributed by atoms with van der Waals surface area (Å²) in [5.41, 5.74) is 7.00. The maximum Gasteiger partial charge on any atom is 0.269 e. The maximum atomic E-state index is 13.2. The summed E-state index contributed by atoms with van der Waals surface area (Å²) in [6.45, 7) is 2.41. The highest BCUT2D eigenvalue weighted by molar-refractivity contribution is 7.92. The Kier molecular flexibility index (Phi) is 6.28. The largest absolute Gasteiger partial charge is 0.494 e. The number of imidazole rings is 1. The number of anilines is 1. The topological polar surface area (TPSA) is 142 Å². The quantitative estimate of drug-likeness (QED) is 0.321. The average molecular weight is 515 g/mol. The summed E-state index contributed by atoms with van der Waals surface area (Å²) in [5.74, 6) is 0.00809. The Labute approximate surface area is 212 Å². The van der Waals surface area contributed by atoms with Crippen LogP contribution in [0.3, 0.4) is 0 Å². The molecule has 0 aliphatic carbocycles. The van der Waals surface area contributed by atoms with Gasteiger partial charge < -0.3 is 10.5 Å². The smallest absolute Gasteiger partial charge is 0.269 e. The molecule has 0 aliphatic heterocycles. The molecule has 0 saturated carbocycles. The zero-order chi connectivity index (χ0) is 26.0. The van der Waals surface area contributed by atoms with Gasteiger partial charge in [0.05, 0.1) is 17.2 Å². The first-order valence-corrected chi connectivity index (χ1v) is 12.8. The van der Waals surface area contributed by atoms with Crippen LogP contribution in [0.4, 0.5) is 5.95 Å². The van der Waals surface area contributed by atoms with Gasteiger partial charge in [-0.1, -0.05) is 36.4 Å². The number of primary amides is 1. The van der Waals surface area contributed by atoms with E-state index in [0.717, 1.165) is 0 Å². The van der Waals surface area contributed by atoms with E-state index in [1.807, 2.05) is 13.0 Å². The van der Waals surface area contributed by atoms with E-state index < -0.39 is 15.9 Å². The summed E-state index contributed by atoms with van der Waals surface area (Å²) in [6, 6.07) is 23.9. The van der Waals surface area contributed by atoms with Crippen LogP contribution in [-0.4, -0.2) is 40.5 Å². The molecule has 0 atom stereocenters. The van der Waals surface area contributed by atoms with Crippen LogP contribution >= 0.6 is 0 Å². The Morgan fingerprint density at radius 2 is 1.57 bits per heavy atom. The van der Waals surface area contributed by atoms with Crippen molar-refractivity contribution >= 4 is 33.0 Å². The summed E-state index contributed by atoms with van der Waals surface area (Å²) >= 11 is 0. The number of rotatable bonds is 8. The van der Waals surface area contributed by atoms with Gasteiger partial charge in [0.15, 0.2) is 17.2 Å². The number of hydrogen-bond donors (Lipinski definition) is 2. The Balaban J connectivity index is 1.74. The molecule has 186 valence electrons. The molecule has 0 bridgehead atoms. The van der Waals surface area contributed by atoms with Crippen LogP contribution in [0.2, 0.25) is 0 Å². The number of aromatic nitrogens is 4. The fourth-order valence-corrected chi connectivity index (χ4v) is 4.81. The van der Waals surface area contributed by atoms with Crippen LogP contribution in [-0.2, 0) is 10.0 Å². The molecule has 0 unspecified atom stereocenters. The molecule has 0 fully saturated rings. The Morgan fingerprint density at radius 3 is 2.19 bits per heavy atom. The Bertz CT molecular complexity index is 1690. The predicted molar refractivity (Wildman–Crippen MR) is 139 cm³/mol. The fourth-order valence-electron chi connectivity index (χ4n) is 3.79. The number of hydrogen-bond acceptors (Lipinski definition) is 7. The van der Waals surface area contributed by atoms with Crippen molar-refractivity contribution in [1.29, 1.82) is 0 Å². The second-order valence-corrected chi connectivity index (χ2v) is 9.60. The molecule has 11 heteroatoms. The number of amides is 1. The number of carbonyl (C=O) groups excluding carboxylic acids is 1. The standard InChI is InChI=1S/C26H22N6O4S/c1-2-36-19-15-13-17(14-16-19)24-28-21(23(27)33)22-25(30-24)32(18-9-5-3-6-10-18)26(29-22)31-37(34,35)20-11-7-4-8-12-20/h3-16H,2H2,1H3,(H2,27,33)(H,29,31). The third-order valence-electron chi connectivity index (χ3n) is 5.46. The Morgan fingerprint density at radius 1 is 0.919 bits per heavy atom. The number of nitrogens with one attached hydrogen (secondary N) is 1. The van der Waals surface area contributed by atoms with Crippen molar-refractivity contribution in [3.8, 4) is 22.8 Å². The van der Waals surface area contributed by atoms with Gasteiger partial charge in [-0.15, -0.1) is 0 Å². The molecule has 37 heavy (non-hydrogen) atoms. The number of sulfonamides is 1. The summed E-state index contributed by atoms with van der Waals surface area (Å²) in [7, 11) is -4.01. The molecular weight excluding hydrogens is 492 g/mol. The lowest BCUT2D eigenvalue weighted by atomic mass is 10.2. The van der Waals surface area contributed by atoms with Crippen molar-refractivity contribution in [3.05, 3.63) is 90.6 Å². The monoisotopic (exact) mass is 514 g/mol. The number of ether oxygens (including phenoxy) is 1. The lowest BCUT2D eigenvalue weighted by Gasteiger charge is -2.11. The number of nitrogens with zero attached hydrogens (tertiary/aromatic N) is 4. The number of carbonyl (C=O) groups is 1. The highest BCUT2D eigenvalue weighted by atomic mass is 32.2. The van der Waals surface area contributed by atoms with Crippen molar-refractivity contribution in [2.75, 3.05) is 11.3 Å². The number of fused-ring (bicyclic) bond motifs is 1. The molecule has 0 spiro atoms. The second kappa shape index (κ2) is 9.70. The first kappa shape index (κ1) is 23.9. The van der Waals surface area contributed by atoms with E-state index in [-0.39, 0.29) is 33.5 Å². The van der Waals surface area contributed by atoms with Crippen LogP contribution in [0.15, 0.2) is 89.8 Å². The minimum atomic E-state index is -4.01. The molecule has 5 aromatic rings. The zero-order valence-corrected chi connectivity index (χ0v) is 20.5. The van der Waals surface area contributed by atoms with Gasteiger partial charge in [-0.25, -0.2) is 28.1 Å². The van der Waals surface area contributed by atoms with E-state index in [0.29, 0.717) is 23.6 Å². The van der Waals surface area contributed by atoms with E-state index in [2.05, 4.69) is 19.7 Å². The van der Waals surface area contributed by atoms with Crippen LogP contribution in [0.25, 0.3) is 28.2 Å². The SMILES string of the molecule is CCOc1ccc(-c2nc(C(N)=O)c3nc(NS(=O)(=O)c4ccccc4)n(-c4ccccc4)c3n2)cc1. The first-order valence-electron chi connectivity index (χ1n) is 11.3. The van der Waals surface area contributed by atoms with Gasteiger partial charge >= 0.3 is 0 Å². The molecule has 0 aliphatic rings. The van der Waals surface area contributed by atoms with E-state index in [1.54, 1.807) is 66.7 Å². The lowest BCUT2D eigenvalue weighted by molar-refractivity contribution is 0.0997. The predicted octanol–water partition coefficient (Wildman–Crippen LogP) is 3.78. The van der Waals surface area contributed by atoms with Crippen LogP contribution in [0.1, 0.15) is 17.4 Å². The minimum absolute atomic E-state index is 0.0537. The van der Waals surface area contributed by atoms with Gasteiger partial charge in [-0.05, 0) is 55.5 Å². The molecule has 10 nitrogen and oxygen atoms in total. The minimum Gasteiger partial charge on any atom is -0.494 e. The molecule has 2 heterocycles. The lowest BCUT2D eigenvalue weighted by Crippen LogP contribution is -2.16. The molecule has 3 N–H and O–H groups in total. The van der Waals surface area contributed by atoms with Crippen LogP contribution in [0.5, 0.6) is 5.75 Å². The normalized spacial score (nSPS) is 11.4.